The zero-order chi connectivity index (χ0) is 52.0. The molecule has 2 nitrogen and oxygen atoms in total. The largest absolute Gasteiger partial charge is 0.309 e. The summed E-state index contributed by atoms with van der Waals surface area (Å²) in [7, 11) is 0. The molecule has 1 aromatic heterocycles. The number of aromatic nitrogens is 1. The molecule has 77 heavy (non-hydrogen) atoms. The molecule has 4 saturated carbocycles. The Morgan fingerprint density at radius 2 is 1.05 bits per heavy atom. The fourth-order valence-electron chi connectivity index (χ4n) is 15.8. The summed E-state index contributed by atoms with van der Waals surface area (Å²) >= 11 is 0. The fraction of sp³-hybridized carbons (Fsp3) is 0.227. The summed E-state index contributed by atoms with van der Waals surface area (Å²) in [6.45, 7) is 14.0. The summed E-state index contributed by atoms with van der Waals surface area (Å²) in [5.74, 6) is 3.27. The van der Waals surface area contributed by atoms with Gasteiger partial charge in [-0.15, -0.1) is 0 Å². The van der Waals surface area contributed by atoms with Crippen LogP contribution in [0.15, 0.2) is 218 Å². The van der Waals surface area contributed by atoms with E-state index < -0.39 is 0 Å². The van der Waals surface area contributed by atoms with Crippen LogP contribution in [-0.4, -0.2) is 4.57 Å². The summed E-state index contributed by atoms with van der Waals surface area (Å²) in [4.78, 5) is 2.56. The van der Waals surface area contributed by atoms with Gasteiger partial charge >= 0.3 is 0 Å². The van der Waals surface area contributed by atoms with Crippen molar-refractivity contribution in [3.8, 4) is 50.2 Å². The van der Waals surface area contributed by atoms with Crippen molar-refractivity contribution in [1.82, 2.24) is 4.57 Å². The van der Waals surface area contributed by atoms with E-state index in [1.165, 1.54) is 114 Å². The van der Waals surface area contributed by atoms with Gasteiger partial charge in [-0.3, -0.25) is 0 Å². The molecule has 4 fully saturated rings. The van der Waals surface area contributed by atoms with Crippen LogP contribution in [0.4, 0.5) is 17.1 Å². The van der Waals surface area contributed by atoms with Gasteiger partial charge in [-0.2, -0.15) is 0 Å². The number of anilines is 3. The fourth-order valence-corrected chi connectivity index (χ4v) is 15.8. The zero-order valence-electron chi connectivity index (χ0n) is 45.3. The second kappa shape index (κ2) is 17.0. The molecule has 11 aromatic rings. The molecule has 2 heteroatoms. The second-order valence-electron chi connectivity index (χ2n) is 25.3. The molecule has 0 saturated heterocycles. The van der Waals surface area contributed by atoms with Crippen molar-refractivity contribution in [2.24, 2.45) is 23.7 Å². The van der Waals surface area contributed by atoms with E-state index in [0.717, 1.165) is 46.4 Å². The number of rotatable bonds is 7. The highest BCUT2D eigenvalue weighted by Crippen LogP contribution is 2.73. The third-order valence-electron chi connectivity index (χ3n) is 19.1. The van der Waals surface area contributed by atoms with Crippen molar-refractivity contribution in [3.05, 3.63) is 241 Å². The summed E-state index contributed by atoms with van der Waals surface area (Å²) in [5.41, 5.74) is 23.4. The molecule has 376 valence electrons. The Morgan fingerprint density at radius 3 is 1.82 bits per heavy atom. The van der Waals surface area contributed by atoms with E-state index in [9.17, 15) is 0 Å². The molecule has 0 amide bonds. The van der Waals surface area contributed by atoms with E-state index in [1.54, 1.807) is 11.1 Å². The van der Waals surface area contributed by atoms with Gasteiger partial charge < -0.3 is 9.47 Å². The van der Waals surface area contributed by atoms with Crippen molar-refractivity contribution in [1.29, 1.82) is 0 Å². The van der Waals surface area contributed by atoms with Gasteiger partial charge in [0.1, 0.15) is 0 Å². The van der Waals surface area contributed by atoms with Crippen LogP contribution in [0.5, 0.6) is 0 Å². The summed E-state index contributed by atoms with van der Waals surface area (Å²) in [6.07, 6.45) is 5.61. The van der Waals surface area contributed by atoms with Crippen LogP contribution >= 0.6 is 0 Å². The van der Waals surface area contributed by atoms with Crippen LogP contribution in [0, 0.1) is 23.7 Å². The molecule has 5 aliphatic carbocycles. The van der Waals surface area contributed by atoms with Crippen LogP contribution in [0.3, 0.4) is 0 Å². The monoisotopic (exact) mass is 995 g/mol. The van der Waals surface area contributed by atoms with Gasteiger partial charge in [-0.1, -0.05) is 205 Å². The van der Waals surface area contributed by atoms with Gasteiger partial charge in [0.2, 0.25) is 0 Å². The number of hydrogen-bond acceptors (Lipinski definition) is 1. The molecule has 1 spiro atoms. The summed E-state index contributed by atoms with van der Waals surface area (Å²) < 4.78 is 2.44. The molecule has 10 aromatic carbocycles. The third kappa shape index (κ3) is 6.99. The third-order valence-corrected chi connectivity index (χ3v) is 19.1. The predicted octanol–water partition coefficient (Wildman–Crippen LogP) is 20.3. The number of para-hydroxylation sites is 3. The van der Waals surface area contributed by atoms with Crippen LogP contribution < -0.4 is 4.90 Å². The maximum atomic E-state index is 2.63. The number of nitrogens with zero attached hydrogens (tertiary/aromatic N) is 2. The molecule has 0 radical (unpaired) electrons. The highest BCUT2D eigenvalue weighted by molar-refractivity contribution is 6.17. The zero-order valence-corrected chi connectivity index (χ0v) is 45.3. The van der Waals surface area contributed by atoms with Crippen LogP contribution in [0.1, 0.15) is 89.5 Å². The van der Waals surface area contributed by atoms with Gasteiger partial charge in [-0.05, 0) is 187 Å². The normalized spacial score (nSPS) is 20.2. The van der Waals surface area contributed by atoms with E-state index in [0.29, 0.717) is 0 Å². The Hall–Kier alpha value is -7.94. The van der Waals surface area contributed by atoms with Crippen LogP contribution in [0.25, 0.3) is 82.8 Å². The van der Waals surface area contributed by atoms with E-state index in [-0.39, 0.29) is 16.2 Å². The smallest absolute Gasteiger partial charge is 0.0562 e. The topological polar surface area (TPSA) is 8.17 Å². The number of benzene rings is 10. The van der Waals surface area contributed by atoms with Crippen LogP contribution in [0.2, 0.25) is 0 Å². The molecule has 16 rings (SSSR count). The molecule has 1 heterocycles. The Labute approximate surface area is 454 Å². The highest BCUT2D eigenvalue weighted by atomic mass is 15.2. The van der Waals surface area contributed by atoms with Crippen molar-refractivity contribution in [3.63, 3.8) is 0 Å². The minimum atomic E-state index is -0.0133. The first-order chi connectivity index (χ1) is 37.4. The lowest BCUT2D eigenvalue weighted by molar-refractivity contribution is 0.191. The van der Waals surface area contributed by atoms with Crippen molar-refractivity contribution < 1.29 is 0 Å². The van der Waals surface area contributed by atoms with Gasteiger partial charge in [0.05, 0.1) is 22.4 Å². The van der Waals surface area contributed by atoms with Gasteiger partial charge in [0, 0.05) is 33.1 Å². The summed E-state index contributed by atoms with van der Waals surface area (Å²) in [5, 5.41) is 4.95. The molecule has 5 aliphatic rings. The minimum Gasteiger partial charge on any atom is -0.309 e. The Bertz CT molecular complexity index is 4120. The average Bonchev–Trinajstić information content (AvgIpc) is 4.21. The predicted molar refractivity (Wildman–Crippen MR) is 325 cm³/mol. The lowest BCUT2D eigenvalue weighted by Crippen LogP contribution is -2.40. The standard InChI is InChI=1S/C75H66N2/c1-73(2,3)53-42-51(43-54(46-53)74(4,5)6)58-26-16-19-49-20-17-27-62(71(49)58)61-24-11-14-29-67(61)77(70-32-18-31-69-72(70)63-25-12-15-30-68(63)76(69)56-21-8-7-9-22-56)57-36-33-48(34-37-57)50-35-38-60-59-23-10-13-28-64(59)75(66(60)45-50)55-40-47-39-52(44-55)65(75)41-47/h7-38,42-43,45-47,52,55,65H,39-41,44H2,1-6H3/t47?,52?,55?,65-,75?/m0/s1. The Kier molecular flexibility index (Phi) is 10.3. The highest BCUT2D eigenvalue weighted by Gasteiger charge is 2.66. The first-order valence-corrected chi connectivity index (χ1v) is 28.4. The first kappa shape index (κ1) is 46.4. The lowest BCUT2D eigenvalue weighted by atomic mass is 9.59. The molecule has 4 unspecified atom stereocenters. The van der Waals surface area contributed by atoms with E-state index in [1.807, 2.05) is 0 Å². The van der Waals surface area contributed by atoms with Gasteiger partial charge in [-0.25, -0.2) is 0 Å². The van der Waals surface area contributed by atoms with Gasteiger partial charge in [0.25, 0.3) is 0 Å². The quantitative estimate of drug-likeness (QED) is 0.154. The van der Waals surface area contributed by atoms with E-state index in [2.05, 4.69) is 269 Å². The molecular formula is C75H66N2. The summed E-state index contributed by atoms with van der Waals surface area (Å²) in [6, 6.07) is 83.5. The molecule has 0 N–H and O–H groups in total. The molecule has 0 aliphatic heterocycles. The average molecular weight is 995 g/mol. The molecule has 4 bridgehead atoms. The maximum absolute atomic E-state index is 2.63. The van der Waals surface area contributed by atoms with E-state index >= 15 is 0 Å². The van der Waals surface area contributed by atoms with Crippen molar-refractivity contribution >= 4 is 49.6 Å². The number of hydrogen-bond donors (Lipinski definition) is 0. The lowest BCUT2D eigenvalue weighted by Gasteiger charge is -2.44. The SMILES string of the molecule is CC(C)(C)c1cc(-c2cccc3cccc(-c4ccccc4N(c4ccc(-c5ccc6c(c5)C5(c7ccccc7-6)C6CC7CC(C6)[C@@H]5C7)cc4)c4cccc5c4c4ccccc4n5-c4ccccc4)c23)cc(C(C)(C)C)c1. The number of fused-ring (bicyclic) bond motifs is 7. The maximum Gasteiger partial charge on any atom is 0.0562 e. The van der Waals surface area contributed by atoms with Gasteiger partial charge in [0.15, 0.2) is 0 Å². The van der Waals surface area contributed by atoms with Crippen LogP contribution in [-0.2, 0) is 16.2 Å². The van der Waals surface area contributed by atoms with E-state index in [4.69, 9.17) is 0 Å². The van der Waals surface area contributed by atoms with Crippen molar-refractivity contribution in [2.75, 3.05) is 4.90 Å². The minimum absolute atomic E-state index is 0.0133. The molecule has 5 atom stereocenters. The first-order valence-electron chi connectivity index (χ1n) is 28.4. The second-order valence-corrected chi connectivity index (χ2v) is 25.3. The Balaban J connectivity index is 0.936. The Morgan fingerprint density at radius 1 is 0.429 bits per heavy atom. The van der Waals surface area contributed by atoms with Crippen molar-refractivity contribution in [2.45, 2.75) is 83.5 Å². The molecular weight excluding hydrogens is 929 g/mol.